The third-order valence-corrected chi connectivity index (χ3v) is 5.79. The zero-order chi connectivity index (χ0) is 12.8. The minimum atomic E-state index is 0.451. The number of hydrogen-bond acceptors (Lipinski definition) is 0. The minimum Gasteiger partial charge on any atom is -0.0645 e. The van der Waals surface area contributed by atoms with Gasteiger partial charge < -0.3 is 0 Å². The molecule has 0 nitrogen and oxygen atoms in total. The molecule has 1 fully saturated rings. The zero-order valence-corrected chi connectivity index (χ0v) is 11.9. The van der Waals surface area contributed by atoms with Gasteiger partial charge in [-0.1, -0.05) is 56.2 Å². The average molecular weight is 240 g/mol. The Hall–Kier alpha value is -1.04. The van der Waals surface area contributed by atoms with Crippen molar-refractivity contribution in [2.45, 2.75) is 46.5 Å². The van der Waals surface area contributed by atoms with E-state index in [9.17, 15) is 0 Å². The molecule has 0 spiro atoms. The minimum absolute atomic E-state index is 0.451. The summed E-state index contributed by atoms with van der Waals surface area (Å²) in [6.45, 7) is 7.26. The summed E-state index contributed by atoms with van der Waals surface area (Å²) in [5.74, 6) is 1.73. The fourth-order valence-electron chi connectivity index (χ4n) is 4.51. The second-order valence-electron chi connectivity index (χ2n) is 6.32. The summed E-state index contributed by atoms with van der Waals surface area (Å²) in [7, 11) is 0. The molecule has 1 aromatic rings. The Bertz CT molecular complexity index is 468. The van der Waals surface area contributed by atoms with Crippen LogP contribution in [0.1, 0.15) is 52.0 Å². The predicted octanol–water partition coefficient (Wildman–Crippen LogP) is 5.31. The topological polar surface area (TPSA) is 0 Å². The number of benzene rings is 1. The van der Waals surface area contributed by atoms with Gasteiger partial charge in [-0.2, -0.15) is 0 Å². The monoisotopic (exact) mass is 240 g/mol. The fourth-order valence-corrected chi connectivity index (χ4v) is 4.51. The molecule has 0 aliphatic heterocycles. The molecule has 0 aromatic heterocycles. The number of allylic oxidation sites excluding steroid dienone is 2. The highest BCUT2D eigenvalue weighted by Gasteiger charge is 2.49. The molecule has 2 aliphatic rings. The Morgan fingerprint density at radius 2 is 1.89 bits per heavy atom. The van der Waals surface area contributed by atoms with Gasteiger partial charge in [0.1, 0.15) is 0 Å². The quantitative estimate of drug-likeness (QED) is 0.657. The van der Waals surface area contributed by atoms with Crippen LogP contribution >= 0.6 is 0 Å². The van der Waals surface area contributed by atoms with Gasteiger partial charge in [0.05, 0.1) is 0 Å². The van der Waals surface area contributed by atoms with Crippen LogP contribution in [-0.4, -0.2) is 0 Å². The molecule has 0 saturated heterocycles. The highest BCUT2D eigenvalue weighted by atomic mass is 14.5. The van der Waals surface area contributed by atoms with Gasteiger partial charge in [0, 0.05) is 0 Å². The van der Waals surface area contributed by atoms with E-state index in [2.05, 4.69) is 51.1 Å². The van der Waals surface area contributed by atoms with E-state index in [-0.39, 0.29) is 0 Å². The van der Waals surface area contributed by atoms with Crippen LogP contribution in [0.3, 0.4) is 0 Å². The van der Waals surface area contributed by atoms with Crippen LogP contribution in [0.25, 0.3) is 5.57 Å². The van der Waals surface area contributed by atoms with Gasteiger partial charge in [-0.3, -0.25) is 0 Å². The van der Waals surface area contributed by atoms with E-state index in [4.69, 9.17) is 0 Å². The van der Waals surface area contributed by atoms with Crippen molar-refractivity contribution in [1.29, 1.82) is 0 Å². The van der Waals surface area contributed by atoms with E-state index >= 15 is 0 Å². The van der Waals surface area contributed by atoms with Gasteiger partial charge in [0.15, 0.2) is 0 Å². The third-order valence-electron chi connectivity index (χ3n) is 5.79. The first-order valence-corrected chi connectivity index (χ1v) is 7.45. The van der Waals surface area contributed by atoms with Crippen molar-refractivity contribution in [3.05, 3.63) is 41.5 Å². The first kappa shape index (κ1) is 12.0. The summed E-state index contributed by atoms with van der Waals surface area (Å²) in [4.78, 5) is 0. The Balaban J connectivity index is 2.12. The lowest BCUT2D eigenvalue weighted by Gasteiger charge is -2.32. The van der Waals surface area contributed by atoms with E-state index < -0.39 is 0 Å². The molecule has 3 atom stereocenters. The summed E-state index contributed by atoms with van der Waals surface area (Å²) in [6, 6.07) is 11.1. The second-order valence-corrected chi connectivity index (χ2v) is 6.32. The summed E-state index contributed by atoms with van der Waals surface area (Å²) in [5, 5.41) is 0. The van der Waals surface area contributed by atoms with Crippen molar-refractivity contribution >= 4 is 5.57 Å². The maximum Gasteiger partial charge on any atom is -0.00815 e. The van der Waals surface area contributed by atoms with Crippen LogP contribution in [0.15, 0.2) is 35.9 Å². The predicted molar refractivity (Wildman–Crippen MR) is 78.3 cm³/mol. The zero-order valence-electron chi connectivity index (χ0n) is 11.9. The molecule has 2 aliphatic carbocycles. The Labute approximate surface area is 111 Å². The highest BCUT2D eigenvalue weighted by Crippen LogP contribution is 2.61. The SMILES string of the molecule is CCC1(C)C(C)=C(c2ccccc2)[C@H]2CCC[C@H]21. The summed E-state index contributed by atoms with van der Waals surface area (Å²) >= 11 is 0. The average Bonchev–Trinajstić information content (AvgIpc) is 2.95. The molecule has 0 radical (unpaired) electrons. The van der Waals surface area contributed by atoms with Crippen LogP contribution in [0.4, 0.5) is 0 Å². The first-order valence-electron chi connectivity index (χ1n) is 7.45. The molecular formula is C18H24. The van der Waals surface area contributed by atoms with Crippen molar-refractivity contribution in [3.63, 3.8) is 0 Å². The van der Waals surface area contributed by atoms with Crippen LogP contribution in [0.5, 0.6) is 0 Å². The van der Waals surface area contributed by atoms with Gasteiger partial charge in [0.25, 0.3) is 0 Å². The molecule has 1 saturated carbocycles. The number of rotatable bonds is 2. The van der Waals surface area contributed by atoms with Crippen molar-refractivity contribution in [1.82, 2.24) is 0 Å². The van der Waals surface area contributed by atoms with Crippen molar-refractivity contribution in [2.24, 2.45) is 17.3 Å². The van der Waals surface area contributed by atoms with Gasteiger partial charge >= 0.3 is 0 Å². The lowest BCUT2D eigenvalue weighted by Crippen LogP contribution is -2.24. The van der Waals surface area contributed by atoms with Crippen molar-refractivity contribution in [2.75, 3.05) is 0 Å². The molecule has 0 N–H and O–H groups in total. The van der Waals surface area contributed by atoms with Crippen molar-refractivity contribution < 1.29 is 0 Å². The molecule has 1 aromatic carbocycles. The highest BCUT2D eigenvalue weighted by molar-refractivity contribution is 5.74. The van der Waals surface area contributed by atoms with E-state index in [1.807, 2.05) is 0 Å². The van der Waals surface area contributed by atoms with E-state index in [0.717, 1.165) is 11.8 Å². The largest absolute Gasteiger partial charge is 0.0645 e. The normalized spacial score (nSPS) is 35.1. The standard InChI is InChI=1S/C18H24/c1-4-18(3)13(2)17(14-9-6-5-7-10-14)15-11-8-12-16(15)18/h5-7,9-10,15-16H,4,8,11-12H2,1-3H3/t15-,16+,18?/m0/s1. The molecule has 96 valence electrons. The molecule has 18 heavy (non-hydrogen) atoms. The van der Waals surface area contributed by atoms with Gasteiger partial charge in [0.2, 0.25) is 0 Å². The fraction of sp³-hybridized carbons (Fsp3) is 0.556. The van der Waals surface area contributed by atoms with Crippen LogP contribution in [-0.2, 0) is 0 Å². The maximum absolute atomic E-state index is 2.50. The van der Waals surface area contributed by atoms with Crippen LogP contribution < -0.4 is 0 Å². The lowest BCUT2D eigenvalue weighted by molar-refractivity contribution is 0.229. The van der Waals surface area contributed by atoms with Gasteiger partial charge in [-0.05, 0) is 54.6 Å². The first-order chi connectivity index (χ1) is 8.68. The molecule has 0 amide bonds. The molecule has 0 heterocycles. The molecular weight excluding hydrogens is 216 g/mol. The third kappa shape index (κ3) is 1.51. The number of hydrogen-bond donors (Lipinski definition) is 0. The van der Waals surface area contributed by atoms with Gasteiger partial charge in [-0.15, -0.1) is 0 Å². The van der Waals surface area contributed by atoms with Crippen LogP contribution in [0.2, 0.25) is 0 Å². The number of fused-ring (bicyclic) bond motifs is 1. The summed E-state index contributed by atoms with van der Waals surface area (Å²) < 4.78 is 0. The van der Waals surface area contributed by atoms with E-state index in [0.29, 0.717) is 5.41 Å². The summed E-state index contributed by atoms with van der Waals surface area (Å²) in [6.07, 6.45) is 5.55. The van der Waals surface area contributed by atoms with Gasteiger partial charge in [-0.25, -0.2) is 0 Å². The molecule has 3 rings (SSSR count). The summed E-state index contributed by atoms with van der Waals surface area (Å²) in [5.41, 5.74) is 5.28. The molecule has 0 bridgehead atoms. The van der Waals surface area contributed by atoms with Crippen LogP contribution in [0, 0.1) is 17.3 Å². The maximum atomic E-state index is 2.50. The Morgan fingerprint density at radius 3 is 2.56 bits per heavy atom. The van der Waals surface area contributed by atoms with E-state index in [1.54, 1.807) is 11.1 Å². The lowest BCUT2D eigenvalue weighted by atomic mass is 9.72. The Kier molecular flexibility index (Phi) is 2.84. The Morgan fingerprint density at radius 1 is 1.17 bits per heavy atom. The van der Waals surface area contributed by atoms with Crippen molar-refractivity contribution in [3.8, 4) is 0 Å². The molecule has 1 unspecified atom stereocenters. The second kappa shape index (κ2) is 4.26. The van der Waals surface area contributed by atoms with E-state index in [1.165, 1.54) is 31.2 Å². The smallest absolute Gasteiger partial charge is 0.00815 e. The molecule has 0 heteroatoms.